The molecule has 0 radical (unpaired) electrons. The van der Waals surface area contributed by atoms with Gasteiger partial charge in [-0.15, -0.1) is 0 Å². The molecule has 0 spiro atoms. The molecule has 1 amide bonds. The summed E-state index contributed by atoms with van der Waals surface area (Å²) in [5.74, 6) is -2.09. The Hall–Kier alpha value is -2.29. The number of hydrogen-bond donors (Lipinski definition) is 1. The van der Waals surface area contributed by atoms with Crippen LogP contribution in [0.2, 0.25) is 0 Å². The van der Waals surface area contributed by atoms with Gasteiger partial charge in [0.05, 0.1) is 44.7 Å². The fourth-order valence-corrected chi connectivity index (χ4v) is 4.92. The van der Waals surface area contributed by atoms with Crippen LogP contribution in [0.5, 0.6) is 0 Å². The highest BCUT2D eigenvalue weighted by Gasteiger charge is 2.58. The third-order valence-corrected chi connectivity index (χ3v) is 6.75. The molecule has 13 heteroatoms. The first kappa shape index (κ1) is 28.7. The van der Waals surface area contributed by atoms with Crippen LogP contribution in [-0.4, -0.2) is 86.6 Å². The molecule has 4 atom stereocenters. The lowest BCUT2D eigenvalue weighted by atomic mass is 9.78. The lowest BCUT2D eigenvalue weighted by molar-refractivity contribution is -0.189. The molecular weight excluding hydrogens is 513 g/mol. The Morgan fingerprint density at radius 1 is 1.16 bits per heavy atom. The van der Waals surface area contributed by atoms with Gasteiger partial charge in [-0.2, -0.15) is 13.2 Å². The highest BCUT2D eigenvalue weighted by atomic mass is 19.4. The van der Waals surface area contributed by atoms with E-state index in [0.717, 1.165) is 12.1 Å². The van der Waals surface area contributed by atoms with Crippen LogP contribution in [0.25, 0.3) is 0 Å². The number of nitrogens with zero attached hydrogens (tertiary/aromatic N) is 1. The fourth-order valence-electron chi connectivity index (χ4n) is 4.92. The van der Waals surface area contributed by atoms with Crippen molar-refractivity contribution in [3.63, 3.8) is 0 Å². The zero-order chi connectivity index (χ0) is 27.6. The molecule has 1 unspecified atom stereocenters. The van der Waals surface area contributed by atoms with Gasteiger partial charge in [0.25, 0.3) is 5.91 Å². The van der Waals surface area contributed by atoms with Crippen molar-refractivity contribution in [2.75, 3.05) is 40.0 Å². The van der Waals surface area contributed by atoms with Crippen molar-refractivity contribution in [2.45, 2.75) is 69.2 Å². The molecule has 2 saturated heterocycles. The highest BCUT2D eigenvalue weighted by Crippen LogP contribution is 2.44. The number of alkyl halides is 3. The van der Waals surface area contributed by atoms with Crippen LogP contribution < -0.4 is 5.43 Å². The molecule has 212 valence electrons. The molecule has 1 aliphatic carbocycles. The third kappa shape index (κ3) is 6.82. The molecule has 3 aliphatic rings. The average Bonchev–Trinajstić information content (AvgIpc) is 3.19. The number of amides is 1. The molecule has 2 aliphatic heterocycles. The molecule has 1 aromatic rings. The van der Waals surface area contributed by atoms with E-state index in [2.05, 4.69) is 10.2 Å². The van der Waals surface area contributed by atoms with Crippen LogP contribution in [0, 0.1) is 0 Å². The van der Waals surface area contributed by atoms with Crippen LogP contribution in [0.1, 0.15) is 37.8 Å². The van der Waals surface area contributed by atoms with E-state index in [0.29, 0.717) is 26.3 Å². The zero-order valence-corrected chi connectivity index (χ0v) is 21.5. The number of halogens is 3. The van der Waals surface area contributed by atoms with Crippen molar-refractivity contribution in [1.82, 2.24) is 10.4 Å². The van der Waals surface area contributed by atoms with Gasteiger partial charge in [-0.05, 0) is 31.5 Å². The summed E-state index contributed by atoms with van der Waals surface area (Å²) in [6.45, 7) is 4.56. The number of esters is 1. The van der Waals surface area contributed by atoms with Gasteiger partial charge in [0, 0.05) is 25.9 Å². The Kier molecular flexibility index (Phi) is 8.65. The number of methoxy groups -OCH3 is 1. The number of morpholine rings is 1. The van der Waals surface area contributed by atoms with Crippen LogP contribution in [0.4, 0.5) is 13.2 Å². The highest BCUT2D eigenvalue weighted by molar-refractivity contribution is 5.85. The van der Waals surface area contributed by atoms with Gasteiger partial charge in [-0.3, -0.25) is 10.2 Å². The van der Waals surface area contributed by atoms with E-state index in [4.69, 9.17) is 23.7 Å². The van der Waals surface area contributed by atoms with Crippen LogP contribution >= 0.6 is 0 Å². The molecule has 38 heavy (non-hydrogen) atoms. The van der Waals surface area contributed by atoms with Crippen LogP contribution in [0.3, 0.4) is 0 Å². The summed E-state index contributed by atoms with van der Waals surface area (Å²) in [4.78, 5) is 25.6. The second-order valence-corrected chi connectivity index (χ2v) is 9.99. The van der Waals surface area contributed by atoms with Crippen molar-refractivity contribution < 1.29 is 51.2 Å². The van der Waals surface area contributed by atoms with Crippen molar-refractivity contribution in [2.24, 2.45) is 0 Å². The van der Waals surface area contributed by atoms with Gasteiger partial charge in [-0.1, -0.05) is 12.1 Å². The summed E-state index contributed by atoms with van der Waals surface area (Å²) in [6, 6.07) is 4.75. The van der Waals surface area contributed by atoms with Gasteiger partial charge < -0.3 is 28.4 Å². The maximum absolute atomic E-state index is 13.8. The first-order valence-electron chi connectivity index (χ1n) is 12.4. The minimum Gasteiger partial charge on any atom is -0.467 e. The summed E-state index contributed by atoms with van der Waals surface area (Å²) >= 11 is 0. The van der Waals surface area contributed by atoms with Gasteiger partial charge in [0.15, 0.2) is 11.4 Å². The number of fused-ring (bicyclic) bond motifs is 1. The summed E-state index contributed by atoms with van der Waals surface area (Å²) in [5, 5.41) is 1.70. The number of rotatable bonds is 8. The first-order valence-corrected chi connectivity index (χ1v) is 12.4. The minimum absolute atomic E-state index is 0.0280. The number of nitrogens with one attached hydrogen (secondary N) is 1. The second-order valence-electron chi connectivity index (χ2n) is 9.99. The van der Waals surface area contributed by atoms with E-state index in [-0.39, 0.29) is 31.6 Å². The number of ether oxygens (including phenoxy) is 6. The molecule has 1 N–H and O–H groups in total. The Balaban J connectivity index is 1.61. The predicted molar refractivity (Wildman–Crippen MR) is 124 cm³/mol. The van der Waals surface area contributed by atoms with E-state index in [1.165, 1.54) is 19.2 Å². The van der Waals surface area contributed by atoms with Crippen LogP contribution in [-0.2, 0) is 50.8 Å². The van der Waals surface area contributed by atoms with Crippen molar-refractivity contribution in [3.8, 4) is 0 Å². The molecule has 1 aromatic carbocycles. The maximum Gasteiger partial charge on any atom is 0.416 e. The normalized spacial score (nSPS) is 29.5. The van der Waals surface area contributed by atoms with Crippen LogP contribution in [0.15, 0.2) is 24.3 Å². The largest absolute Gasteiger partial charge is 0.467 e. The number of carbonyl (C=O) groups excluding carboxylic acids is 2. The minimum atomic E-state index is -4.52. The average molecular weight is 547 g/mol. The van der Waals surface area contributed by atoms with Crippen molar-refractivity contribution >= 4 is 11.9 Å². The van der Waals surface area contributed by atoms with Crippen molar-refractivity contribution in [1.29, 1.82) is 0 Å². The monoisotopic (exact) mass is 546 g/mol. The lowest BCUT2D eigenvalue weighted by Gasteiger charge is -2.44. The Bertz CT molecular complexity index is 1000. The number of hydrazine groups is 1. The van der Waals surface area contributed by atoms with Gasteiger partial charge in [0.2, 0.25) is 0 Å². The van der Waals surface area contributed by atoms with E-state index >= 15 is 0 Å². The summed E-state index contributed by atoms with van der Waals surface area (Å²) in [6.07, 6.45) is -6.53. The van der Waals surface area contributed by atoms with E-state index < -0.39 is 53.3 Å². The van der Waals surface area contributed by atoms with Gasteiger partial charge in [-0.25, -0.2) is 9.80 Å². The predicted octanol–water partition coefficient (Wildman–Crippen LogP) is 2.20. The molecule has 2 heterocycles. The molecule has 1 saturated carbocycles. The number of hydrogen-bond acceptors (Lipinski definition) is 9. The molecule has 0 aromatic heterocycles. The Labute approximate surface area is 218 Å². The maximum atomic E-state index is 13.8. The fraction of sp³-hybridized carbons (Fsp3) is 0.680. The number of benzene rings is 1. The SMILES string of the molecule is COC(=O)COC1C[C@](OCc2cccc(C(F)(F)F)c2)(C(=O)NN2CCOCC2)C[C@H]2OC(C)(C)O[C@@H]12. The molecule has 10 nitrogen and oxygen atoms in total. The summed E-state index contributed by atoms with van der Waals surface area (Å²) in [5.41, 5.74) is 0.737. The third-order valence-electron chi connectivity index (χ3n) is 6.75. The first-order chi connectivity index (χ1) is 17.9. The van der Waals surface area contributed by atoms with E-state index in [1.54, 1.807) is 18.9 Å². The van der Waals surface area contributed by atoms with Gasteiger partial charge >= 0.3 is 12.1 Å². The molecule has 0 bridgehead atoms. The standard InChI is InChI=1S/C25H33F3N2O8/c1-23(2)37-19-13-24(22(32)29-30-7-9-34-10-8-30,12-18(21(19)38-23)35-15-20(31)33-3)36-14-16-5-4-6-17(11-16)25(26,27)28/h4-6,11,18-19,21H,7-10,12-15H2,1-3H3,(H,29,32)/t18?,19-,21+,24-/m1/s1. The second kappa shape index (κ2) is 11.4. The summed E-state index contributed by atoms with van der Waals surface area (Å²) < 4.78 is 74.0. The topological polar surface area (TPSA) is 105 Å². The smallest absolute Gasteiger partial charge is 0.416 e. The molecular formula is C25H33F3N2O8. The lowest BCUT2D eigenvalue weighted by Crippen LogP contribution is -2.63. The van der Waals surface area contributed by atoms with Crippen molar-refractivity contribution in [3.05, 3.63) is 35.4 Å². The van der Waals surface area contributed by atoms with E-state index in [9.17, 15) is 22.8 Å². The summed E-state index contributed by atoms with van der Waals surface area (Å²) in [7, 11) is 1.23. The Morgan fingerprint density at radius 2 is 1.89 bits per heavy atom. The zero-order valence-electron chi connectivity index (χ0n) is 21.5. The Morgan fingerprint density at radius 3 is 2.58 bits per heavy atom. The molecule has 3 fully saturated rings. The van der Waals surface area contributed by atoms with Gasteiger partial charge in [0.1, 0.15) is 12.7 Å². The molecule has 4 rings (SSSR count). The number of carbonyl (C=O) groups is 2. The quantitative estimate of drug-likeness (QED) is 0.492. The van der Waals surface area contributed by atoms with E-state index in [1.807, 2.05) is 0 Å².